The summed E-state index contributed by atoms with van der Waals surface area (Å²) >= 11 is 0. The lowest BCUT2D eigenvalue weighted by molar-refractivity contribution is -0.172. The number of hydrogen-bond donors (Lipinski definition) is 2. The van der Waals surface area contributed by atoms with Crippen LogP contribution in [0.1, 0.15) is 0 Å². The van der Waals surface area contributed by atoms with Crippen molar-refractivity contribution in [3.8, 4) is 11.3 Å². The predicted octanol–water partition coefficient (Wildman–Crippen LogP) is 0.780. The van der Waals surface area contributed by atoms with E-state index in [-0.39, 0.29) is 0 Å². The zero-order valence-corrected chi connectivity index (χ0v) is 8.60. The van der Waals surface area contributed by atoms with Gasteiger partial charge in [-0.15, -0.1) is 0 Å². The van der Waals surface area contributed by atoms with Gasteiger partial charge in [0, 0.05) is 28.8 Å². The van der Waals surface area contributed by atoms with Crippen molar-refractivity contribution >= 4 is 16.7 Å². The Morgan fingerprint density at radius 2 is 1.88 bits per heavy atom. The first kappa shape index (κ1) is 8.97. The second kappa shape index (κ2) is 3.10. The fourth-order valence-electron chi connectivity index (χ4n) is 1.80. The Hall–Kier alpha value is -2.29. The third kappa shape index (κ3) is 1.34. The number of anilines is 1. The normalized spacial score (nSPS) is 11.0. The molecule has 3 nitrogen and oxygen atoms in total. The van der Waals surface area contributed by atoms with Gasteiger partial charge in [0.2, 0.25) is 0 Å². The van der Waals surface area contributed by atoms with Gasteiger partial charge in [0.1, 0.15) is 11.3 Å². The first-order valence-corrected chi connectivity index (χ1v) is 5.04. The average molecular weight is 211 g/mol. The van der Waals surface area contributed by atoms with E-state index in [0.29, 0.717) is 11.0 Å². The molecule has 0 aromatic heterocycles. The van der Waals surface area contributed by atoms with Crippen LogP contribution in [0, 0.1) is 0 Å². The van der Waals surface area contributed by atoms with Crippen LogP contribution in [0.2, 0.25) is 0 Å². The largest absolute Gasteiger partial charge is 0.456 e. The molecule has 1 aliphatic heterocycles. The summed E-state index contributed by atoms with van der Waals surface area (Å²) < 4.78 is 5.75. The van der Waals surface area contributed by atoms with Crippen LogP contribution in [0.3, 0.4) is 0 Å². The van der Waals surface area contributed by atoms with E-state index in [1.807, 2.05) is 36.4 Å². The summed E-state index contributed by atoms with van der Waals surface area (Å²) in [6, 6.07) is 13.3. The molecule has 0 saturated carbocycles. The Balaban J connectivity index is 2.46. The highest BCUT2D eigenvalue weighted by molar-refractivity contribution is 5.84. The zero-order valence-electron chi connectivity index (χ0n) is 8.60. The van der Waals surface area contributed by atoms with Crippen molar-refractivity contribution in [3.63, 3.8) is 0 Å². The van der Waals surface area contributed by atoms with E-state index in [4.69, 9.17) is 15.6 Å². The summed E-state index contributed by atoms with van der Waals surface area (Å²) in [7, 11) is 0. The van der Waals surface area contributed by atoms with Crippen LogP contribution in [0.5, 0.6) is 0 Å². The lowest BCUT2D eigenvalue weighted by Gasteiger charge is -2.06. The van der Waals surface area contributed by atoms with E-state index in [0.717, 1.165) is 22.3 Å². The smallest absolute Gasteiger partial charge is 0.200 e. The van der Waals surface area contributed by atoms with Gasteiger partial charge in [0.25, 0.3) is 0 Å². The molecule has 1 aromatic carbocycles. The zero-order chi connectivity index (χ0) is 11.1. The minimum absolute atomic E-state index is 0.694. The van der Waals surface area contributed by atoms with Crippen LogP contribution in [-0.4, -0.2) is 0 Å². The molecule has 0 saturated heterocycles. The molecule has 3 rings (SSSR count). The fourth-order valence-corrected chi connectivity index (χ4v) is 1.80. The second-order valence-electron chi connectivity index (χ2n) is 3.84. The molecule has 1 aromatic rings. The highest BCUT2D eigenvalue weighted by Gasteiger charge is 2.07. The maximum Gasteiger partial charge on any atom is 0.200 e. The molecule has 1 heterocycles. The van der Waals surface area contributed by atoms with Crippen LogP contribution in [0.25, 0.3) is 22.3 Å². The van der Waals surface area contributed by atoms with Gasteiger partial charge < -0.3 is 10.2 Å². The van der Waals surface area contributed by atoms with Crippen molar-refractivity contribution in [2.24, 2.45) is 0 Å². The molecular formula is C13H11N2O+. The fraction of sp³-hybridized carbons (Fsp3) is 0. The van der Waals surface area contributed by atoms with Gasteiger partial charge in [-0.2, -0.15) is 0 Å². The van der Waals surface area contributed by atoms with Gasteiger partial charge in [0.15, 0.2) is 5.36 Å². The third-order valence-corrected chi connectivity index (χ3v) is 2.61. The lowest BCUT2D eigenvalue weighted by Crippen LogP contribution is -2.44. The molecule has 4 N–H and O–H groups in total. The summed E-state index contributed by atoms with van der Waals surface area (Å²) in [4.78, 5) is 0. The molecule has 1 aliphatic carbocycles. The van der Waals surface area contributed by atoms with Crippen LogP contribution < -0.4 is 16.5 Å². The lowest BCUT2D eigenvalue weighted by atomic mass is 10.1. The standard InChI is InChI=1S/C13H10N2O/c14-10-3-1-8-5-9-2-4-11(15)7-13(9)16-12(8)6-10/h1-7,14H,15H2/p+1. The number of nitrogens with two attached hydrogens (primary N) is 2. The molecule has 3 heteroatoms. The Morgan fingerprint density at radius 1 is 1.00 bits per heavy atom. The molecule has 0 atom stereocenters. The summed E-state index contributed by atoms with van der Waals surface area (Å²) in [5, 5.41) is 7.44. The molecule has 0 unspecified atom stereocenters. The number of hydrogen-bond acceptors (Lipinski definition) is 2. The highest BCUT2D eigenvalue weighted by Crippen LogP contribution is 2.27. The third-order valence-electron chi connectivity index (χ3n) is 2.61. The average Bonchev–Trinajstić information content (AvgIpc) is 2.26. The van der Waals surface area contributed by atoms with E-state index in [1.165, 1.54) is 0 Å². The van der Waals surface area contributed by atoms with Crippen molar-refractivity contribution in [3.05, 3.63) is 47.8 Å². The quantitative estimate of drug-likeness (QED) is 0.426. The number of nitrogen functional groups attached to an aromatic ring is 1. The molecule has 2 aliphatic rings. The Bertz CT molecular complexity index is 700. The topological polar surface area (TPSA) is 64.8 Å². The Kier molecular flexibility index (Phi) is 1.74. The predicted molar refractivity (Wildman–Crippen MR) is 62.3 cm³/mol. The van der Waals surface area contributed by atoms with E-state index < -0.39 is 0 Å². The van der Waals surface area contributed by atoms with Gasteiger partial charge in [0.05, 0.1) is 6.07 Å². The van der Waals surface area contributed by atoms with E-state index >= 15 is 0 Å². The SMILES string of the molecule is Nc1ccc2cc3ccc(=[NH2+])cc-3oc2c1. The van der Waals surface area contributed by atoms with Gasteiger partial charge >= 0.3 is 0 Å². The molecule has 78 valence electrons. The second-order valence-corrected chi connectivity index (χ2v) is 3.84. The summed E-state index contributed by atoms with van der Waals surface area (Å²) in [5.74, 6) is 0.776. The Morgan fingerprint density at radius 3 is 2.75 bits per heavy atom. The van der Waals surface area contributed by atoms with Gasteiger partial charge in [-0.05, 0) is 24.3 Å². The van der Waals surface area contributed by atoms with Crippen molar-refractivity contribution in [1.82, 2.24) is 0 Å². The van der Waals surface area contributed by atoms with Crippen molar-refractivity contribution < 1.29 is 9.83 Å². The molecular weight excluding hydrogens is 200 g/mol. The molecule has 0 radical (unpaired) electrons. The van der Waals surface area contributed by atoms with Crippen molar-refractivity contribution in [2.45, 2.75) is 0 Å². The Labute approximate surface area is 92.0 Å². The van der Waals surface area contributed by atoms with E-state index in [2.05, 4.69) is 6.07 Å². The minimum Gasteiger partial charge on any atom is -0.456 e. The van der Waals surface area contributed by atoms with Gasteiger partial charge in [-0.25, -0.2) is 0 Å². The maximum absolute atomic E-state index is 5.75. The highest BCUT2D eigenvalue weighted by atomic mass is 16.3. The molecule has 0 fully saturated rings. The van der Waals surface area contributed by atoms with Crippen LogP contribution in [0.4, 0.5) is 5.69 Å². The van der Waals surface area contributed by atoms with Crippen LogP contribution in [0.15, 0.2) is 46.9 Å². The monoisotopic (exact) mass is 211 g/mol. The first-order valence-electron chi connectivity index (χ1n) is 5.04. The molecule has 0 bridgehead atoms. The van der Waals surface area contributed by atoms with Gasteiger partial charge in [-0.3, -0.25) is 5.41 Å². The number of benzene rings is 2. The van der Waals surface area contributed by atoms with Crippen LogP contribution >= 0.6 is 0 Å². The minimum atomic E-state index is 0.694. The summed E-state index contributed by atoms with van der Waals surface area (Å²) in [5.41, 5.74) is 8.22. The van der Waals surface area contributed by atoms with Crippen molar-refractivity contribution in [1.29, 1.82) is 0 Å². The number of fused-ring (bicyclic) bond motifs is 2. The summed E-state index contributed by atoms with van der Waals surface area (Å²) in [6.45, 7) is 0. The first-order chi connectivity index (χ1) is 7.72. The van der Waals surface area contributed by atoms with E-state index in [1.54, 1.807) is 0 Å². The number of rotatable bonds is 0. The van der Waals surface area contributed by atoms with E-state index in [9.17, 15) is 0 Å². The summed E-state index contributed by atoms with van der Waals surface area (Å²) in [6.07, 6.45) is 0. The van der Waals surface area contributed by atoms with Crippen molar-refractivity contribution in [2.75, 3.05) is 5.73 Å². The maximum atomic E-state index is 5.75. The van der Waals surface area contributed by atoms with Gasteiger partial charge in [-0.1, -0.05) is 0 Å². The molecule has 0 spiro atoms. The molecule has 16 heavy (non-hydrogen) atoms. The molecule has 0 amide bonds. The van der Waals surface area contributed by atoms with Crippen LogP contribution in [-0.2, 0) is 0 Å².